The second kappa shape index (κ2) is 7.16. The van der Waals surface area contributed by atoms with Gasteiger partial charge in [-0.05, 0) is 61.4 Å². The maximum absolute atomic E-state index is 9.92. The molecule has 0 aliphatic heterocycles. The zero-order chi connectivity index (χ0) is 16.1. The van der Waals surface area contributed by atoms with Gasteiger partial charge in [0.05, 0.1) is 6.61 Å². The number of ether oxygens (including phenoxy) is 1. The number of benzene rings is 2. The third kappa shape index (κ3) is 3.57. The molecule has 23 heavy (non-hydrogen) atoms. The molecule has 0 heterocycles. The molecule has 0 unspecified atom stereocenters. The van der Waals surface area contributed by atoms with Crippen LogP contribution in [-0.4, -0.2) is 23.4 Å². The van der Waals surface area contributed by atoms with Gasteiger partial charge in [-0.1, -0.05) is 30.3 Å². The summed E-state index contributed by atoms with van der Waals surface area (Å²) in [5.74, 6) is 2.23. The molecule has 1 aliphatic rings. The fraction of sp³-hybridized carbons (Fsp3) is 0.400. The lowest BCUT2D eigenvalue weighted by Gasteiger charge is -2.47. The van der Waals surface area contributed by atoms with Gasteiger partial charge < -0.3 is 14.9 Å². The van der Waals surface area contributed by atoms with Crippen molar-refractivity contribution in [3.8, 4) is 11.5 Å². The van der Waals surface area contributed by atoms with Crippen molar-refractivity contribution in [1.29, 1.82) is 0 Å². The average Bonchev–Trinajstić information content (AvgIpc) is 2.55. The maximum Gasteiger partial charge on any atom is 0.127 e. The van der Waals surface area contributed by atoms with Crippen LogP contribution < -0.4 is 4.74 Å². The Bertz CT molecular complexity index is 618. The predicted octanol–water partition coefficient (Wildman–Crippen LogP) is 3.89. The lowest BCUT2D eigenvalue weighted by Crippen LogP contribution is -2.44. The monoisotopic (exact) mass is 312 g/mol. The first-order chi connectivity index (χ1) is 11.3. The van der Waals surface area contributed by atoms with Gasteiger partial charge in [0.2, 0.25) is 0 Å². The van der Waals surface area contributed by atoms with E-state index < -0.39 is 0 Å². The molecule has 1 saturated carbocycles. The van der Waals surface area contributed by atoms with Gasteiger partial charge in [0.1, 0.15) is 11.5 Å². The van der Waals surface area contributed by atoms with Crippen molar-refractivity contribution in [2.45, 2.75) is 31.1 Å². The highest BCUT2D eigenvalue weighted by Gasteiger charge is 2.44. The van der Waals surface area contributed by atoms with Crippen LogP contribution in [0.1, 0.15) is 31.2 Å². The summed E-state index contributed by atoms with van der Waals surface area (Å²) in [5, 5.41) is 18.9. The van der Waals surface area contributed by atoms with Crippen LogP contribution in [0.15, 0.2) is 54.6 Å². The summed E-state index contributed by atoms with van der Waals surface area (Å²) in [7, 11) is 0. The van der Waals surface area contributed by atoms with Crippen molar-refractivity contribution >= 4 is 0 Å². The Labute approximate surface area is 137 Å². The number of rotatable bonds is 7. The second-order valence-electron chi connectivity index (χ2n) is 6.52. The third-order valence-corrected chi connectivity index (χ3v) is 4.86. The van der Waals surface area contributed by atoms with E-state index in [1.807, 2.05) is 48.5 Å². The second-order valence-corrected chi connectivity index (χ2v) is 6.52. The first-order valence-corrected chi connectivity index (χ1v) is 8.31. The van der Waals surface area contributed by atoms with Gasteiger partial charge in [-0.3, -0.25) is 0 Å². The molecule has 0 atom stereocenters. The van der Waals surface area contributed by atoms with Crippen LogP contribution in [0.25, 0.3) is 0 Å². The minimum atomic E-state index is -0.143. The molecule has 122 valence electrons. The first-order valence-electron chi connectivity index (χ1n) is 8.31. The Kier molecular flexibility index (Phi) is 4.99. The zero-order valence-corrected chi connectivity index (χ0v) is 13.3. The summed E-state index contributed by atoms with van der Waals surface area (Å²) in [4.78, 5) is 0. The average molecular weight is 312 g/mol. The number of hydrogen-bond acceptors (Lipinski definition) is 3. The van der Waals surface area contributed by atoms with Crippen molar-refractivity contribution in [3.05, 3.63) is 60.2 Å². The molecule has 0 bridgehead atoms. The number of para-hydroxylation sites is 1. The summed E-state index contributed by atoms with van der Waals surface area (Å²) in [6.45, 7) is 0.417. The molecule has 3 nitrogen and oxygen atoms in total. The van der Waals surface area contributed by atoms with Crippen LogP contribution in [0.4, 0.5) is 0 Å². The summed E-state index contributed by atoms with van der Waals surface area (Å²) < 4.78 is 5.90. The highest BCUT2D eigenvalue weighted by atomic mass is 16.5. The predicted molar refractivity (Wildman–Crippen MR) is 90.8 cm³/mol. The molecule has 0 saturated heterocycles. The van der Waals surface area contributed by atoms with Crippen LogP contribution in [0.5, 0.6) is 11.5 Å². The van der Waals surface area contributed by atoms with E-state index in [1.54, 1.807) is 0 Å². The van der Waals surface area contributed by atoms with Gasteiger partial charge in [-0.2, -0.15) is 0 Å². The van der Waals surface area contributed by atoms with Crippen LogP contribution in [0, 0.1) is 5.92 Å². The van der Waals surface area contributed by atoms with Crippen molar-refractivity contribution in [1.82, 2.24) is 0 Å². The fourth-order valence-corrected chi connectivity index (χ4v) is 3.60. The largest absolute Gasteiger partial charge is 0.457 e. The molecule has 3 rings (SSSR count). The van der Waals surface area contributed by atoms with E-state index >= 15 is 0 Å². The fourth-order valence-electron chi connectivity index (χ4n) is 3.60. The van der Waals surface area contributed by atoms with Gasteiger partial charge in [0.15, 0.2) is 0 Å². The van der Waals surface area contributed by atoms with E-state index in [4.69, 9.17) is 9.84 Å². The smallest absolute Gasteiger partial charge is 0.127 e. The number of hydrogen-bond donors (Lipinski definition) is 2. The van der Waals surface area contributed by atoms with Gasteiger partial charge in [0, 0.05) is 12.0 Å². The number of aliphatic hydroxyl groups excluding tert-OH is 2. The SMILES string of the molecule is OCCCC1CC(CO)(c2cccc(Oc3ccccc3)c2)C1. The van der Waals surface area contributed by atoms with Gasteiger partial charge in [-0.25, -0.2) is 0 Å². The Morgan fingerprint density at radius 1 is 0.957 bits per heavy atom. The van der Waals surface area contributed by atoms with Crippen LogP contribution in [0.2, 0.25) is 0 Å². The lowest BCUT2D eigenvalue weighted by atomic mass is 9.58. The molecule has 0 amide bonds. The number of aliphatic hydroxyl groups is 2. The van der Waals surface area contributed by atoms with E-state index in [0.29, 0.717) is 5.92 Å². The summed E-state index contributed by atoms with van der Waals surface area (Å²) in [6.07, 6.45) is 3.86. The van der Waals surface area contributed by atoms with Gasteiger partial charge in [-0.15, -0.1) is 0 Å². The van der Waals surface area contributed by atoms with Crippen LogP contribution >= 0.6 is 0 Å². The van der Waals surface area contributed by atoms with E-state index in [1.165, 1.54) is 0 Å². The quantitative estimate of drug-likeness (QED) is 0.815. The normalized spacial score (nSPS) is 23.3. The summed E-state index contributed by atoms with van der Waals surface area (Å²) in [5.41, 5.74) is 1.00. The summed E-state index contributed by atoms with van der Waals surface area (Å²) in [6, 6.07) is 17.8. The Morgan fingerprint density at radius 3 is 2.39 bits per heavy atom. The molecule has 2 aromatic rings. The van der Waals surface area contributed by atoms with E-state index in [9.17, 15) is 5.11 Å². The van der Waals surface area contributed by atoms with Crippen LogP contribution in [-0.2, 0) is 5.41 Å². The Balaban J connectivity index is 1.71. The molecule has 2 aromatic carbocycles. The molecule has 0 aromatic heterocycles. The Hall–Kier alpha value is -1.84. The van der Waals surface area contributed by atoms with E-state index in [0.717, 1.165) is 42.7 Å². The molecule has 0 spiro atoms. The minimum Gasteiger partial charge on any atom is -0.457 e. The van der Waals surface area contributed by atoms with Gasteiger partial charge >= 0.3 is 0 Å². The molecule has 0 radical (unpaired) electrons. The molecular weight excluding hydrogens is 288 g/mol. The molecule has 1 fully saturated rings. The van der Waals surface area contributed by atoms with Crippen molar-refractivity contribution in [2.75, 3.05) is 13.2 Å². The molecule has 3 heteroatoms. The molecule has 1 aliphatic carbocycles. The summed E-state index contributed by atoms with van der Waals surface area (Å²) >= 11 is 0. The highest BCUT2D eigenvalue weighted by Crippen LogP contribution is 2.49. The minimum absolute atomic E-state index is 0.143. The van der Waals surface area contributed by atoms with Gasteiger partial charge in [0.25, 0.3) is 0 Å². The highest BCUT2D eigenvalue weighted by molar-refractivity contribution is 5.38. The Morgan fingerprint density at radius 2 is 1.70 bits per heavy atom. The van der Waals surface area contributed by atoms with Crippen LogP contribution in [0.3, 0.4) is 0 Å². The third-order valence-electron chi connectivity index (χ3n) is 4.86. The zero-order valence-electron chi connectivity index (χ0n) is 13.3. The molecular formula is C20H24O3. The standard InChI is InChI=1S/C20H24O3/c21-11-5-6-16-13-20(14-16,15-22)17-7-4-10-19(12-17)23-18-8-2-1-3-9-18/h1-4,7-10,12,16,21-22H,5-6,11,13-15H2. The molecule has 2 N–H and O–H groups in total. The van der Waals surface area contributed by atoms with Crippen molar-refractivity contribution in [2.24, 2.45) is 5.92 Å². The first kappa shape index (κ1) is 16.0. The van der Waals surface area contributed by atoms with E-state index in [2.05, 4.69) is 6.07 Å². The topological polar surface area (TPSA) is 49.7 Å². The lowest BCUT2D eigenvalue weighted by molar-refractivity contribution is 0.0576. The maximum atomic E-state index is 9.92. The van der Waals surface area contributed by atoms with E-state index in [-0.39, 0.29) is 18.6 Å². The van der Waals surface area contributed by atoms with Crippen molar-refractivity contribution < 1.29 is 14.9 Å². The van der Waals surface area contributed by atoms with Crippen molar-refractivity contribution in [3.63, 3.8) is 0 Å².